The van der Waals surface area contributed by atoms with Crippen molar-refractivity contribution < 1.29 is 9.53 Å². The first-order valence-electron chi connectivity index (χ1n) is 6.46. The van der Waals surface area contributed by atoms with Gasteiger partial charge in [0.15, 0.2) is 0 Å². The van der Waals surface area contributed by atoms with Crippen LogP contribution in [-0.2, 0) is 11.2 Å². The van der Waals surface area contributed by atoms with Gasteiger partial charge in [0.25, 0.3) is 0 Å². The number of anilines is 2. The molecule has 0 saturated carbocycles. The molecule has 0 atom stereocenters. The van der Waals surface area contributed by atoms with Crippen LogP contribution in [0.1, 0.15) is 25.8 Å². The molecule has 0 spiro atoms. The Morgan fingerprint density at radius 2 is 2.33 bits per heavy atom. The Labute approximate surface area is 108 Å². The topological polar surface area (TPSA) is 50.4 Å². The number of carbonyl (C=O) groups excluding carboxylic acids is 1. The number of nitrogens with one attached hydrogen (secondary N) is 2. The summed E-state index contributed by atoms with van der Waals surface area (Å²) in [5.41, 5.74) is 3.09. The number of amides is 1. The molecule has 1 heterocycles. The van der Waals surface area contributed by atoms with Gasteiger partial charge in [-0.15, -0.1) is 0 Å². The third-order valence-corrected chi connectivity index (χ3v) is 2.86. The molecule has 4 heteroatoms. The second kappa shape index (κ2) is 5.76. The molecule has 0 aromatic heterocycles. The fourth-order valence-electron chi connectivity index (χ4n) is 2.00. The Morgan fingerprint density at radius 3 is 3.11 bits per heavy atom. The number of rotatable bonds is 3. The molecule has 0 unspecified atom stereocenters. The van der Waals surface area contributed by atoms with Crippen molar-refractivity contribution in [3.8, 4) is 0 Å². The maximum Gasteiger partial charge on any atom is 0.411 e. The lowest BCUT2D eigenvalue weighted by atomic mass is 10.0. The lowest BCUT2D eigenvalue weighted by molar-refractivity contribution is 0.147. The SMILES string of the molecule is CC(C)COC(=O)Nc1cccc2c1NCCC2. The molecule has 0 radical (unpaired) electrons. The van der Waals surface area contributed by atoms with E-state index >= 15 is 0 Å². The van der Waals surface area contributed by atoms with E-state index in [1.807, 2.05) is 26.0 Å². The Kier molecular flexibility index (Phi) is 4.07. The van der Waals surface area contributed by atoms with Gasteiger partial charge in [0.1, 0.15) is 0 Å². The number of aryl methyl sites for hydroxylation is 1. The summed E-state index contributed by atoms with van der Waals surface area (Å²) in [4.78, 5) is 11.6. The first-order chi connectivity index (χ1) is 8.66. The van der Waals surface area contributed by atoms with Gasteiger partial charge in [-0.3, -0.25) is 5.32 Å². The van der Waals surface area contributed by atoms with E-state index in [0.717, 1.165) is 30.8 Å². The molecule has 2 N–H and O–H groups in total. The second-order valence-electron chi connectivity index (χ2n) is 4.99. The van der Waals surface area contributed by atoms with E-state index in [-0.39, 0.29) is 6.09 Å². The maximum absolute atomic E-state index is 11.6. The molecular weight excluding hydrogens is 228 g/mol. The Morgan fingerprint density at radius 1 is 1.50 bits per heavy atom. The van der Waals surface area contributed by atoms with Crippen LogP contribution in [0, 0.1) is 5.92 Å². The van der Waals surface area contributed by atoms with Gasteiger partial charge in [-0.1, -0.05) is 26.0 Å². The average Bonchev–Trinajstić information content (AvgIpc) is 2.37. The standard InChI is InChI=1S/C14H20N2O2/c1-10(2)9-18-14(17)16-12-7-3-5-11-6-4-8-15-13(11)12/h3,5,7,10,15H,4,6,8-9H2,1-2H3,(H,16,17). The molecule has 4 nitrogen and oxygen atoms in total. The van der Waals surface area contributed by atoms with Crippen LogP contribution in [0.5, 0.6) is 0 Å². The number of carbonyl (C=O) groups is 1. The predicted octanol–water partition coefficient (Wildman–Crippen LogP) is 3.25. The van der Waals surface area contributed by atoms with Gasteiger partial charge >= 0.3 is 6.09 Å². The van der Waals surface area contributed by atoms with E-state index < -0.39 is 0 Å². The zero-order valence-electron chi connectivity index (χ0n) is 11.0. The summed E-state index contributed by atoms with van der Waals surface area (Å²) in [7, 11) is 0. The van der Waals surface area contributed by atoms with Gasteiger partial charge in [0, 0.05) is 6.54 Å². The fourth-order valence-corrected chi connectivity index (χ4v) is 2.00. The van der Waals surface area contributed by atoms with Gasteiger partial charge < -0.3 is 10.1 Å². The zero-order valence-corrected chi connectivity index (χ0v) is 11.0. The second-order valence-corrected chi connectivity index (χ2v) is 4.99. The van der Waals surface area contributed by atoms with Crippen LogP contribution in [0.25, 0.3) is 0 Å². The van der Waals surface area contributed by atoms with Crippen LogP contribution >= 0.6 is 0 Å². The third-order valence-electron chi connectivity index (χ3n) is 2.86. The maximum atomic E-state index is 11.6. The smallest absolute Gasteiger partial charge is 0.411 e. The van der Waals surface area contributed by atoms with Gasteiger partial charge in [0.05, 0.1) is 18.0 Å². The summed E-state index contributed by atoms with van der Waals surface area (Å²) in [5, 5.41) is 6.13. The monoisotopic (exact) mass is 248 g/mol. The molecule has 1 amide bonds. The van der Waals surface area contributed by atoms with Crippen molar-refractivity contribution in [2.75, 3.05) is 23.8 Å². The van der Waals surface area contributed by atoms with Gasteiger partial charge in [0.2, 0.25) is 0 Å². The summed E-state index contributed by atoms with van der Waals surface area (Å²) >= 11 is 0. The predicted molar refractivity (Wildman–Crippen MR) is 73.1 cm³/mol. The van der Waals surface area contributed by atoms with Crippen molar-refractivity contribution in [1.29, 1.82) is 0 Å². The molecule has 1 aromatic carbocycles. The minimum absolute atomic E-state index is 0.346. The highest BCUT2D eigenvalue weighted by atomic mass is 16.5. The van der Waals surface area contributed by atoms with Crippen molar-refractivity contribution >= 4 is 17.5 Å². The number of hydrogen-bond acceptors (Lipinski definition) is 3. The van der Waals surface area contributed by atoms with E-state index in [9.17, 15) is 4.79 Å². The number of benzene rings is 1. The van der Waals surface area contributed by atoms with E-state index in [1.165, 1.54) is 5.56 Å². The number of fused-ring (bicyclic) bond motifs is 1. The van der Waals surface area contributed by atoms with Gasteiger partial charge in [-0.2, -0.15) is 0 Å². The van der Waals surface area contributed by atoms with Crippen LogP contribution < -0.4 is 10.6 Å². The highest BCUT2D eigenvalue weighted by molar-refractivity contribution is 5.90. The summed E-state index contributed by atoms with van der Waals surface area (Å²) in [6.45, 7) is 5.42. The van der Waals surface area contributed by atoms with Crippen LogP contribution in [0.15, 0.2) is 18.2 Å². The lowest BCUT2D eigenvalue weighted by Crippen LogP contribution is -2.19. The van der Waals surface area contributed by atoms with Crippen LogP contribution in [0.2, 0.25) is 0 Å². The van der Waals surface area contributed by atoms with E-state index in [0.29, 0.717) is 12.5 Å². The Hall–Kier alpha value is -1.71. The van der Waals surface area contributed by atoms with E-state index in [4.69, 9.17) is 4.74 Å². The average molecular weight is 248 g/mol. The Balaban J connectivity index is 2.03. The van der Waals surface area contributed by atoms with Crippen molar-refractivity contribution in [1.82, 2.24) is 0 Å². The van der Waals surface area contributed by atoms with E-state index in [1.54, 1.807) is 0 Å². The number of para-hydroxylation sites is 1. The normalized spacial score (nSPS) is 13.7. The molecule has 1 aromatic rings. The highest BCUT2D eigenvalue weighted by Gasteiger charge is 2.14. The molecule has 1 aliphatic rings. The molecule has 0 saturated heterocycles. The first-order valence-corrected chi connectivity index (χ1v) is 6.46. The quantitative estimate of drug-likeness (QED) is 0.863. The summed E-state index contributed by atoms with van der Waals surface area (Å²) in [6, 6.07) is 5.95. The molecule has 0 bridgehead atoms. The zero-order chi connectivity index (χ0) is 13.0. The minimum Gasteiger partial charge on any atom is -0.449 e. The van der Waals surface area contributed by atoms with E-state index in [2.05, 4.69) is 16.7 Å². The fraction of sp³-hybridized carbons (Fsp3) is 0.500. The summed E-state index contributed by atoms with van der Waals surface area (Å²) < 4.78 is 5.12. The molecule has 2 rings (SSSR count). The molecule has 98 valence electrons. The van der Waals surface area contributed by atoms with Crippen LogP contribution in [0.3, 0.4) is 0 Å². The largest absolute Gasteiger partial charge is 0.449 e. The summed E-state index contributed by atoms with van der Waals surface area (Å²) in [6.07, 6.45) is 1.80. The highest BCUT2D eigenvalue weighted by Crippen LogP contribution is 2.30. The number of hydrogen-bond donors (Lipinski definition) is 2. The minimum atomic E-state index is -0.385. The third kappa shape index (κ3) is 3.15. The summed E-state index contributed by atoms with van der Waals surface area (Å²) in [5.74, 6) is 0.346. The number of ether oxygens (including phenoxy) is 1. The molecular formula is C14H20N2O2. The van der Waals surface area contributed by atoms with Crippen molar-refractivity contribution in [2.24, 2.45) is 5.92 Å². The van der Waals surface area contributed by atoms with Gasteiger partial charge in [-0.05, 0) is 30.4 Å². The first kappa shape index (κ1) is 12.7. The van der Waals surface area contributed by atoms with Gasteiger partial charge in [-0.25, -0.2) is 4.79 Å². The molecule has 18 heavy (non-hydrogen) atoms. The Bertz CT molecular complexity index is 430. The molecule has 1 aliphatic heterocycles. The van der Waals surface area contributed by atoms with Crippen molar-refractivity contribution in [3.63, 3.8) is 0 Å². The van der Waals surface area contributed by atoms with Crippen molar-refractivity contribution in [3.05, 3.63) is 23.8 Å². The molecule has 0 fully saturated rings. The lowest BCUT2D eigenvalue weighted by Gasteiger charge is -2.21. The molecule has 0 aliphatic carbocycles. The van der Waals surface area contributed by atoms with Crippen LogP contribution in [0.4, 0.5) is 16.2 Å². The van der Waals surface area contributed by atoms with Crippen molar-refractivity contribution in [2.45, 2.75) is 26.7 Å². The van der Waals surface area contributed by atoms with Crippen LogP contribution in [-0.4, -0.2) is 19.2 Å².